The number of phenolic OH excluding ortho intramolecular Hbond substituents is 1. The summed E-state index contributed by atoms with van der Waals surface area (Å²) in [6, 6.07) is 3.51. The number of carbonyl (C=O) groups excluding carboxylic acids is 2. The topological polar surface area (TPSA) is 116 Å². The average Bonchev–Trinajstić information content (AvgIpc) is 2.72. The first kappa shape index (κ1) is 25.6. The summed E-state index contributed by atoms with van der Waals surface area (Å²) in [4.78, 5) is 37.3. The fourth-order valence-corrected chi connectivity index (χ4v) is 5.09. The molecule has 2 fully saturated rings. The summed E-state index contributed by atoms with van der Waals surface area (Å²) in [7, 11) is 2.07. The lowest BCUT2D eigenvalue weighted by atomic mass is 9.56. The standard InChI is InChI=1S/C21H28N2O6.C3H8/c1-12-4-7-16(29-20(28)22-11-17(25)26)19(27)18(12)21-8-9-23(3)13(2)15(21)6-5-14(24)10-21;1-3-2/h4,7,13,15,27H,5-6,8-11H2,1-3H3,(H,22,28)(H,25,26);3H2,1-2H3. The van der Waals surface area contributed by atoms with Gasteiger partial charge in [-0.3, -0.25) is 9.59 Å². The van der Waals surface area contributed by atoms with Crippen molar-refractivity contribution in [1.29, 1.82) is 0 Å². The quantitative estimate of drug-likeness (QED) is 0.644. The Bertz CT molecular complexity index is 855. The maximum absolute atomic E-state index is 12.5. The van der Waals surface area contributed by atoms with E-state index in [-0.39, 0.29) is 29.2 Å². The number of fused-ring (bicyclic) bond motifs is 1. The molecule has 3 N–H and O–H groups in total. The molecule has 32 heavy (non-hydrogen) atoms. The highest BCUT2D eigenvalue weighted by atomic mass is 16.6. The number of piperidine rings is 1. The van der Waals surface area contributed by atoms with Crippen molar-refractivity contribution in [3.63, 3.8) is 0 Å². The third kappa shape index (κ3) is 5.41. The Hall–Kier alpha value is -2.61. The Balaban J connectivity index is 0.00000114. The van der Waals surface area contributed by atoms with Crippen LogP contribution in [0.1, 0.15) is 64.0 Å². The molecule has 1 saturated carbocycles. The largest absolute Gasteiger partial charge is 0.504 e. The van der Waals surface area contributed by atoms with Crippen molar-refractivity contribution in [2.24, 2.45) is 5.92 Å². The minimum absolute atomic E-state index is 0.0359. The minimum atomic E-state index is -1.20. The Morgan fingerprint density at radius 1 is 1.31 bits per heavy atom. The first-order chi connectivity index (χ1) is 15.1. The molecular weight excluding hydrogens is 412 g/mol. The first-order valence-corrected chi connectivity index (χ1v) is 11.3. The van der Waals surface area contributed by atoms with Gasteiger partial charge in [0.25, 0.3) is 0 Å². The number of amides is 1. The summed E-state index contributed by atoms with van der Waals surface area (Å²) >= 11 is 0. The van der Waals surface area contributed by atoms with Crippen LogP contribution in [-0.2, 0) is 15.0 Å². The van der Waals surface area contributed by atoms with Crippen molar-refractivity contribution >= 4 is 17.8 Å². The van der Waals surface area contributed by atoms with Gasteiger partial charge in [-0.25, -0.2) is 4.79 Å². The molecule has 1 heterocycles. The number of likely N-dealkylation sites (tertiary alicyclic amines) is 1. The number of hydrogen-bond acceptors (Lipinski definition) is 6. The van der Waals surface area contributed by atoms with E-state index in [1.54, 1.807) is 6.07 Å². The number of hydrogen-bond donors (Lipinski definition) is 3. The monoisotopic (exact) mass is 448 g/mol. The molecule has 2 aliphatic rings. The van der Waals surface area contributed by atoms with E-state index >= 15 is 0 Å². The number of carboxylic acids is 1. The van der Waals surface area contributed by atoms with E-state index in [0.29, 0.717) is 18.4 Å². The Morgan fingerprint density at radius 3 is 2.59 bits per heavy atom. The van der Waals surface area contributed by atoms with Crippen LogP contribution in [0.4, 0.5) is 4.79 Å². The van der Waals surface area contributed by atoms with E-state index in [0.717, 1.165) is 24.9 Å². The van der Waals surface area contributed by atoms with Crippen LogP contribution < -0.4 is 10.1 Å². The van der Waals surface area contributed by atoms with Crippen LogP contribution in [0.15, 0.2) is 12.1 Å². The molecule has 178 valence electrons. The second-order valence-corrected chi connectivity index (χ2v) is 8.94. The normalized spacial score (nSPS) is 25.2. The van der Waals surface area contributed by atoms with Crippen molar-refractivity contribution in [1.82, 2.24) is 10.2 Å². The van der Waals surface area contributed by atoms with Crippen LogP contribution in [0.3, 0.4) is 0 Å². The highest BCUT2D eigenvalue weighted by Crippen LogP contribution is 2.54. The zero-order valence-electron chi connectivity index (χ0n) is 19.7. The van der Waals surface area contributed by atoms with Gasteiger partial charge in [0, 0.05) is 29.9 Å². The van der Waals surface area contributed by atoms with Crippen molar-refractivity contribution in [3.05, 3.63) is 23.3 Å². The van der Waals surface area contributed by atoms with Crippen molar-refractivity contribution in [2.75, 3.05) is 20.1 Å². The number of ether oxygens (including phenoxy) is 1. The van der Waals surface area contributed by atoms with Gasteiger partial charge in [-0.15, -0.1) is 0 Å². The molecule has 8 heteroatoms. The SMILES string of the molecule is CCC.Cc1ccc(OC(=O)NCC(=O)O)c(O)c1C12CCN(C)C(C)C1CCC(=O)C2. The fourth-order valence-electron chi connectivity index (χ4n) is 5.09. The van der Waals surface area contributed by atoms with Gasteiger partial charge in [0.2, 0.25) is 0 Å². The number of aryl methyl sites for hydroxylation is 1. The highest BCUT2D eigenvalue weighted by molar-refractivity contribution is 5.82. The van der Waals surface area contributed by atoms with Gasteiger partial charge in [0.05, 0.1) is 0 Å². The number of rotatable bonds is 4. The zero-order valence-corrected chi connectivity index (χ0v) is 19.7. The Morgan fingerprint density at radius 2 is 1.97 bits per heavy atom. The van der Waals surface area contributed by atoms with E-state index < -0.39 is 24.0 Å². The van der Waals surface area contributed by atoms with E-state index in [1.165, 1.54) is 12.5 Å². The van der Waals surface area contributed by atoms with E-state index in [9.17, 15) is 19.5 Å². The van der Waals surface area contributed by atoms with Gasteiger partial charge < -0.3 is 25.2 Å². The molecule has 1 aliphatic carbocycles. The third-order valence-electron chi connectivity index (χ3n) is 6.58. The molecule has 0 radical (unpaired) electrons. The summed E-state index contributed by atoms with van der Waals surface area (Å²) < 4.78 is 5.17. The molecule has 1 aliphatic heterocycles. The van der Waals surface area contributed by atoms with Crippen LogP contribution in [0.2, 0.25) is 0 Å². The lowest BCUT2D eigenvalue weighted by molar-refractivity contribution is -0.135. The minimum Gasteiger partial charge on any atom is -0.504 e. The number of Topliss-reactive ketones (excluding diaryl/α,β-unsaturated/α-hetero) is 1. The van der Waals surface area contributed by atoms with Crippen molar-refractivity contribution < 1.29 is 29.3 Å². The molecule has 1 amide bonds. The molecule has 8 nitrogen and oxygen atoms in total. The van der Waals surface area contributed by atoms with Crippen molar-refractivity contribution in [2.45, 2.75) is 71.3 Å². The molecule has 1 aromatic rings. The molecule has 0 spiro atoms. The van der Waals surface area contributed by atoms with Crippen LogP contribution in [-0.4, -0.2) is 59.1 Å². The number of nitrogens with one attached hydrogen (secondary N) is 1. The van der Waals surface area contributed by atoms with E-state index in [2.05, 4.69) is 38.0 Å². The van der Waals surface area contributed by atoms with Gasteiger partial charge in [0.1, 0.15) is 12.3 Å². The lowest BCUT2D eigenvalue weighted by Crippen LogP contribution is -2.56. The van der Waals surface area contributed by atoms with Gasteiger partial charge in [-0.05, 0) is 57.8 Å². The molecule has 1 aromatic carbocycles. The Kier molecular flexibility index (Phi) is 8.66. The molecule has 0 bridgehead atoms. The molecule has 3 unspecified atom stereocenters. The number of aliphatic carboxylic acids is 1. The maximum Gasteiger partial charge on any atom is 0.413 e. The highest BCUT2D eigenvalue weighted by Gasteiger charge is 2.52. The van der Waals surface area contributed by atoms with Crippen LogP contribution in [0, 0.1) is 12.8 Å². The number of ketones is 1. The van der Waals surface area contributed by atoms with Crippen molar-refractivity contribution in [3.8, 4) is 11.5 Å². The summed E-state index contributed by atoms with van der Waals surface area (Å²) in [6.45, 7) is 8.51. The van der Waals surface area contributed by atoms with Crippen LogP contribution >= 0.6 is 0 Å². The molecule has 1 saturated heterocycles. The summed E-state index contributed by atoms with van der Waals surface area (Å²) in [5.41, 5.74) is 1.00. The number of carbonyl (C=O) groups is 3. The number of carboxylic acid groups (broad SMARTS) is 1. The smallest absolute Gasteiger partial charge is 0.413 e. The second kappa shape index (κ2) is 10.8. The van der Waals surface area contributed by atoms with E-state index in [4.69, 9.17) is 9.84 Å². The molecular formula is C24H36N2O6. The van der Waals surface area contributed by atoms with Gasteiger partial charge in [-0.1, -0.05) is 26.3 Å². The van der Waals surface area contributed by atoms with Gasteiger partial charge in [0.15, 0.2) is 11.5 Å². The van der Waals surface area contributed by atoms with Crippen LogP contribution in [0.25, 0.3) is 0 Å². The first-order valence-electron chi connectivity index (χ1n) is 11.3. The second-order valence-electron chi connectivity index (χ2n) is 8.94. The van der Waals surface area contributed by atoms with Gasteiger partial charge >= 0.3 is 12.1 Å². The molecule has 3 rings (SSSR count). The van der Waals surface area contributed by atoms with Gasteiger partial charge in [-0.2, -0.15) is 0 Å². The molecule has 0 aromatic heterocycles. The zero-order chi connectivity index (χ0) is 24.1. The summed E-state index contributed by atoms with van der Waals surface area (Å²) in [5, 5.41) is 21.9. The number of aromatic hydroxyl groups is 1. The number of phenols is 1. The summed E-state index contributed by atoms with van der Waals surface area (Å²) in [5.74, 6) is -1.00. The number of nitrogens with zero attached hydrogens (tertiary/aromatic N) is 1. The average molecular weight is 449 g/mol. The lowest BCUT2D eigenvalue weighted by Gasteiger charge is -2.54. The maximum atomic E-state index is 12.5. The molecule has 3 atom stereocenters. The van der Waals surface area contributed by atoms with E-state index in [1.807, 2.05) is 6.92 Å². The van der Waals surface area contributed by atoms with Crippen LogP contribution in [0.5, 0.6) is 11.5 Å². The third-order valence-corrected chi connectivity index (χ3v) is 6.58. The fraction of sp³-hybridized carbons (Fsp3) is 0.625. The predicted octanol–water partition coefficient (Wildman–Crippen LogP) is 3.62. The summed E-state index contributed by atoms with van der Waals surface area (Å²) in [6.07, 6.45) is 2.68. The predicted molar refractivity (Wildman–Crippen MR) is 121 cm³/mol. The Labute approximate surface area is 189 Å². The number of benzene rings is 1.